The van der Waals surface area contributed by atoms with Crippen molar-refractivity contribution in [2.75, 3.05) is 7.11 Å². The second-order valence-corrected chi connectivity index (χ2v) is 7.66. The molecule has 1 aromatic carbocycles. The predicted molar refractivity (Wildman–Crippen MR) is 90.1 cm³/mol. The molecule has 5 heteroatoms. The van der Waals surface area contributed by atoms with E-state index in [1.807, 2.05) is 45.0 Å². The minimum absolute atomic E-state index is 0.210. The molecule has 0 spiro atoms. The standard InChI is InChI=1S/C16H24ClNO2S/c1-11(2)18-16(4,15(19)20-5)10-12(3)21-14-8-6-13(17)7-9-14/h6-9,11-12,18H,10H2,1-5H3. The summed E-state index contributed by atoms with van der Waals surface area (Å²) in [5.41, 5.74) is -0.679. The van der Waals surface area contributed by atoms with E-state index in [0.29, 0.717) is 6.42 Å². The summed E-state index contributed by atoms with van der Waals surface area (Å²) < 4.78 is 4.95. The summed E-state index contributed by atoms with van der Waals surface area (Å²) in [6, 6.07) is 7.95. The number of methoxy groups -OCH3 is 1. The van der Waals surface area contributed by atoms with Gasteiger partial charge in [-0.3, -0.25) is 10.1 Å². The van der Waals surface area contributed by atoms with Crippen LogP contribution in [0.1, 0.15) is 34.1 Å². The summed E-state index contributed by atoms with van der Waals surface area (Å²) in [6.07, 6.45) is 0.686. The first kappa shape index (κ1) is 18.3. The largest absolute Gasteiger partial charge is 0.468 e. The average molecular weight is 330 g/mol. The van der Waals surface area contributed by atoms with Crippen LogP contribution in [-0.2, 0) is 9.53 Å². The highest BCUT2D eigenvalue weighted by molar-refractivity contribution is 7.99. The first-order valence-electron chi connectivity index (χ1n) is 7.05. The van der Waals surface area contributed by atoms with E-state index in [1.165, 1.54) is 7.11 Å². The van der Waals surface area contributed by atoms with Crippen molar-refractivity contribution in [3.8, 4) is 0 Å². The predicted octanol–water partition coefficient (Wildman–Crippen LogP) is 4.14. The summed E-state index contributed by atoms with van der Waals surface area (Å²) >= 11 is 7.62. The van der Waals surface area contributed by atoms with Gasteiger partial charge in [0, 0.05) is 21.2 Å². The Hall–Kier alpha value is -0.710. The number of esters is 1. The first-order chi connectivity index (χ1) is 9.76. The van der Waals surface area contributed by atoms with E-state index >= 15 is 0 Å². The van der Waals surface area contributed by atoms with Crippen LogP contribution >= 0.6 is 23.4 Å². The lowest BCUT2D eigenvalue weighted by atomic mass is 9.95. The zero-order valence-corrected chi connectivity index (χ0v) is 14.8. The van der Waals surface area contributed by atoms with E-state index in [-0.39, 0.29) is 17.3 Å². The van der Waals surface area contributed by atoms with E-state index < -0.39 is 5.54 Å². The number of hydrogen-bond acceptors (Lipinski definition) is 4. The number of halogens is 1. The van der Waals surface area contributed by atoms with Crippen LogP contribution in [-0.4, -0.2) is 29.9 Å². The molecular formula is C16H24ClNO2S. The molecule has 0 heterocycles. The van der Waals surface area contributed by atoms with E-state index in [4.69, 9.17) is 16.3 Å². The smallest absolute Gasteiger partial charge is 0.325 e. The van der Waals surface area contributed by atoms with Crippen molar-refractivity contribution in [2.24, 2.45) is 0 Å². The van der Waals surface area contributed by atoms with Crippen LogP contribution in [0.5, 0.6) is 0 Å². The average Bonchev–Trinajstić information content (AvgIpc) is 2.39. The van der Waals surface area contributed by atoms with Crippen molar-refractivity contribution in [2.45, 2.75) is 55.8 Å². The normalized spacial score (nSPS) is 15.6. The van der Waals surface area contributed by atoms with Gasteiger partial charge in [-0.2, -0.15) is 0 Å². The maximum absolute atomic E-state index is 12.1. The molecule has 1 aromatic rings. The van der Waals surface area contributed by atoms with Gasteiger partial charge in [-0.25, -0.2) is 0 Å². The third kappa shape index (κ3) is 5.89. The monoisotopic (exact) mass is 329 g/mol. The van der Waals surface area contributed by atoms with E-state index in [0.717, 1.165) is 9.92 Å². The third-order valence-electron chi connectivity index (χ3n) is 3.09. The number of carbonyl (C=O) groups is 1. The molecule has 3 nitrogen and oxygen atoms in total. The van der Waals surface area contributed by atoms with Gasteiger partial charge in [-0.1, -0.05) is 18.5 Å². The van der Waals surface area contributed by atoms with Crippen LogP contribution in [0, 0.1) is 0 Å². The van der Waals surface area contributed by atoms with Crippen molar-refractivity contribution in [3.05, 3.63) is 29.3 Å². The summed E-state index contributed by atoms with van der Waals surface area (Å²) in [4.78, 5) is 13.2. The lowest BCUT2D eigenvalue weighted by Gasteiger charge is -2.32. The number of rotatable bonds is 7. The number of ether oxygens (including phenoxy) is 1. The molecule has 0 aromatic heterocycles. The van der Waals surface area contributed by atoms with Gasteiger partial charge in [0.1, 0.15) is 5.54 Å². The van der Waals surface area contributed by atoms with Gasteiger partial charge in [0.15, 0.2) is 0 Å². The number of hydrogen-bond donors (Lipinski definition) is 1. The summed E-state index contributed by atoms with van der Waals surface area (Å²) in [7, 11) is 1.43. The van der Waals surface area contributed by atoms with Crippen LogP contribution in [0.3, 0.4) is 0 Å². The van der Waals surface area contributed by atoms with Gasteiger partial charge in [-0.05, 0) is 51.5 Å². The molecule has 1 N–H and O–H groups in total. The topological polar surface area (TPSA) is 38.3 Å². The zero-order valence-electron chi connectivity index (χ0n) is 13.3. The van der Waals surface area contributed by atoms with Crippen LogP contribution in [0.2, 0.25) is 5.02 Å². The minimum Gasteiger partial charge on any atom is -0.468 e. The number of thioether (sulfide) groups is 1. The summed E-state index contributed by atoms with van der Waals surface area (Å²) in [5.74, 6) is -0.222. The Labute approximate surface area is 136 Å². The Kier molecular flexibility index (Phi) is 7.04. The van der Waals surface area contributed by atoms with Crippen LogP contribution in [0.4, 0.5) is 0 Å². The number of benzene rings is 1. The molecule has 0 aliphatic heterocycles. The van der Waals surface area contributed by atoms with Gasteiger partial charge in [-0.15, -0.1) is 11.8 Å². The molecule has 0 amide bonds. The summed E-state index contributed by atoms with van der Waals surface area (Å²) in [6.45, 7) is 8.07. The molecule has 2 unspecified atom stereocenters. The molecule has 2 atom stereocenters. The molecule has 0 aliphatic carbocycles. The van der Waals surface area contributed by atoms with Crippen molar-refractivity contribution < 1.29 is 9.53 Å². The van der Waals surface area contributed by atoms with E-state index in [1.54, 1.807) is 11.8 Å². The van der Waals surface area contributed by atoms with Gasteiger partial charge < -0.3 is 4.74 Å². The summed E-state index contributed by atoms with van der Waals surface area (Å²) in [5, 5.41) is 4.32. The maximum atomic E-state index is 12.1. The highest BCUT2D eigenvalue weighted by Gasteiger charge is 2.36. The van der Waals surface area contributed by atoms with Crippen LogP contribution < -0.4 is 5.32 Å². The second kappa shape index (κ2) is 8.06. The fourth-order valence-electron chi connectivity index (χ4n) is 2.43. The highest BCUT2D eigenvalue weighted by Crippen LogP contribution is 2.30. The van der Waals surface area contributed by atoms with Crippen LogP contribution in [0.25, 0.3) is 0 Å². The van der Waals surface area contributed by atoms with Crippen LogP contribution in [0.15, 0.2) is 29.2 Å². The first-order valence-corrected chi connectivity index (χ1v) is 8.31. The van der Waals surface area contributed by atoms with Crippen molar-refractivity contribution in [3.63, 3.8) is 0 Å². The quantitative estimate of drug-likeness (QED) is 0.602. The van der Waals surface area contributed by atoms with Gasteiger partial charge in [0.25, 0.3) is 0 Å². The molecule has 0 saturated carbocycles. The molecule has 118 valence electrons. The number of nitrogens with one attached hydrogen (secondary N) is 1. The molecule has 0 saturated heterocycles. The maximum Gasteiger partial charge on any atom is 0.325 e. The third-order valence-corrected chi connectivity index (χ3v) is 4.46. The van der Waals surface area contributed by atoms with Gasteiger partial charge in [0.2, 0.25) is 0 Å². The Morgan fingerprint density at radius 2 is 1.90 bits per heavy atom. The van der Waals surface area contributed by atoms with Crippen molar-refractivity contribution >= 4 is 29.3 Å². The molecule has 21 heavy (non-hydrogen) atoms. The molecule has 0 fully saturated rings. The van der Waals surface area contributed by atoms with Crippen molar-refractivity contribution in [1.29, 1.82) is 0 Å². The fraction of sp³-hybridized carbons (Fsp3) is 0.562. The second-order valence-electron chi connectivity index (χ2n) is 5.71. The molecule has 0 bridgehead atoms. The highest BCUT2D eigenvalue weighted by atomic mass is 35.5. The lowest BCUT2D eigenvalue weighted by Crippen LogP contribution is -2.54. The van der Waals surface area contributed by atoms with Gasteiger partial charge >= 0.3 is 5.97 Å². The van der Waals surface area contributed by atoms with Gasteiger partial charge in [0.05, 0.1) is 7.11 Å². The Bertz CT molecular complexity index is 464. The molecule has 0 radical (unpaired) electrons. The molecule has 0 aliphatic rings. The van der Waals surface area contributed by atoms with E-state index in [9.17, 15) is 4.79 Å². The van der Waals surface area contributed by atoms with Crippen molar-refractivity contribution in [1.82, 2.24) is 5.32 Å². The Morgan fingerprint density at radius 1 is 1.33 bits per heavy atom. The number of carbonyl (C=O) groups excluding carboxylic acids is 1. The Morgan fingerprint density at radius 3 is 2.38 bits per heavy atom. The fourth-order valence-corrected chi connectivity index (χ4v) is 3.73. The Balaban J connectivity index is 2.73. The SMILES string of the molecule is COC(=O)C(C)(CC(C)Sc1ccc(Cl)cc1)NC(C)C. The zero-order chi connectivity index (χ0) is 16.0. The molecule has 1 rings (SSSR count). The minimum atomic E-state index is -0.679. The lowest BCUT2D eigenvalue weighted by molar-refractivity contribution is -0.148. The molecular weight excluding hydrogens is 306 g/mol. The van der Waals surface area contributed by atoms with E-state index in [2.05, 4.69) is 12.2 Å².